The minimum absolute atomic E-state index is 0.0712. The normalized spacial score (nSPS) is 21.1. The van der Waals surface area contributed by atoms with Gasteiger partial charge in [0, 0.05) is 39.1 Å². The Hall–Kier alpha value is -2.10. The number of likely N-dealkylation sites (N-methyl/N-ethyl adjacent to an activating group) is 1. The number of benzene rings is 1. The van der Waals surface area contributed by atoms with Gasteiger partial charge in [-0.05, 0) is 30.8 Å². The molecule has 2 amide bonds. The molecule has 0 atom stereocenters. The second-order valence-corrected chi connectivity index (χ2v) is 8.56. The molecule has 2 fully saturated rings. The number of thioether (sulfide) groups is 1. The van der Waals surface area contributed by atoms with Gasteiger partial charge in [-0.15, -0.1) is 0 Å². The van der Waals surface area contributed by atoms with Crippen LogP contribution in [0, 0.1) is 0 Å². The third-order valence-corrected chi connectivity index (χ3v) is 6.35. The van der Waals surface area contributed by atoms with Crippen molar-refractivity contribution >= 4 is 46.2 Å². The van der Waals surface area contributed by atoms with Crippen molar-refractivity contribution in [1.82, 2.24) is 14.7 Å². The van der Waals surface area contributed by atoms with Crippen LogP contribution < -0.4 is 9.47 Å². The quantitative estimate of drug-likeness (QED) is 0.545. The first-order chi connectivity index (χ1) is 13.5. The molecule has 1 aromatic carbocycles. The molecule has 4 rings (SSSR count). The summed E-state index contributed by atoms with van der Waals surface area (Å²) >= 11 is 6.63. The summed E-state index contributed by atoms with van der Waals surface area (Å²) in [6.07, 6.45) is 2.08. The van der Waals surface area contributed by atoms with Crippen LogP contribution in [0.25, 0.3) is 6.08 Å². The fourth-order valence-corrected chi connectivity index (χ4v) is 4.58. The van der Waals surface area contributed by atoms with Crippen molar-refractivity contribution < 1.29 is 19.1 Å². The molecule has 0 aromatic heterocycles. The SMILES string of the molecule is CN1CCN(C(=O)CCN2C(=O)C(=Cc3ccc4c(c3)OCO4)SC2=S)CC1. The van der Waals surface area contributed by atoms with Gasteiger partial charge in [0.1, 0.15) is 4.32 Å². The third kappa shape index (κ3) is 4.01. The topological polar surface area (TPSA) is 62.3 Å². The zero-order valence-corrected chi connectivity index (χ0v) is 17.2. The molecule has 9 heteroatoms. The Balaban J connectivity index is 1.38. The molecule has 0 saturated carbocycles. The molecule has 2 saturated heterocycles. The lowest BCUT2D eigenvalue weighted by molar-refractivity contribution is -0.133. The highest BCUT2D eigenvalue weighted by molar-refractivity contribution is 8.26. The zero-order valence-electron chi connectivity index (χ0n) is 15.6. The van der Waals surface area contributed by atoms with Crippen LogP contribution in [0.2, 0.25) is 0 Å². The maximum Gasteiger partial charge on any atom is 0.266 e. The number of thiocarbonyl (C=S) groups is 1. The minimum atomic E-state index is -0.154. The summed E-state index contributed by atoms with van der Waals surface area (Å²) in [6.45, 7) is 3.75. The number of nitrogens with zero attached hydrogens (tertiary/aromatic N) is 3. The van der Waals surface area contributed by atoms with Crippen molar-refractivity contribution in [2.75, 3.05) is 46.6 Å². The number of ether oxygens (including phenoxy) is 2. The molecule has 3 heterocycles. The highest BCUT2D eigenvalue weighted by Gasteiger charge is 2.32. The van der Waals surface area contributed by atoms with Crippen LogP contribution in [-0.4, -0.2) is 77.4 Å². The number of fused-ring (bicyclic) bond motifs is 1. The van der Waals surface area contributed by atoms with Gasteiger partial charge in [-0.1, -0.05) is 30.0 Å². The Morgan fingerprint density at radius 1 is 1.21 bits per heavy atom. The standard InChI is InChI=1S/C19H21N3O4S2/c1-20-6-8-21(9-7-20)17(23)4-5-22-18(24)16(28-19(22)27)11-13-2-3-14-15(10-13)26-12-25-14/h2-3,10-11H,4-9,12H2,1H3. The predicted octanol–water partition coefficient (Wildman–Crippen LogP) is 1.78. The lowest BCUT2D eigenvalue weighted by Gasteiger charge is -2.32. The second kappa shape index (κ2) is 8.10. The van der Waals surface area contributed by atoms with Gasteiger partial charge in [-0.2, -0.15) is 0 Å². The van der Waals surface area contributed by atoms with Crippen molar-refractivity contribution in [3.8, 4) is 11.5 Å². The lowest BCUT2D eigenvalue weighted by Crippen LogP contribution is -2.47. The Labute approximate surface area is 173 Å². The first-order valence-electron chi connectivity index (χ1n) is 9.12. The minimum Gasteiger partial charge on any atom is -0.454 e. The molecule has 148 valence electrons. The van der Waals surface area contributed by atoms with E-state index >= 15 is 0 Å². The summed E-state index contributed by atoms with van der Waals surface area (Å²) in [5.74, 6) is 1.29. The van der Waals surface area contributed by atoms with Crippen LogP contribution >= 0.6 is 24.0 Å². The van der Waals surface area contributed by atoms with Crippen molar-refractivity contribution in [2.45, 2.75) is 6.42 Å². The molecular weight excluding hydrogens is 398 g/mol. The summed E-state index contributed by atoms with van der Waals surface area (Å²) in [5.41, 5.74) is 0.846. The van der Waals surface area contributed by atoms with E-state index in [9.17, 15) is 9.59 Å². The highest BCUT2D eigenvalue weighted by Crippen LogP contribution is 2.36. The molecule has 0 spiro atoms. The molecule has 0 aliphatic carbocycles. The zero-order chi connectivity index (χ0) is 19.7. The second-order valence-electron chi connectivity index (χ2n) is 6.88. The van der Waals surface area contributed by atoms with Crippen molar-refractivity contribution in [3.63, 3.8) is 0 Å². The molecule has 28 heavy (non-hydrogen) atoms. The maximum absolute atomic E-state index is 12.7. The molecule has 3 aliphatic rings. The molecule has 0 radical (unpaired) electrons. The fraction of sp³-hybridized carbons (Fsp3) is 0.421. The van der Waals surface area contributed by atoms with Gasteiger partial charge in [0.15, 0.2) is 11.5 Å². The van der Waals surface area contributed by atoms with Gasteiger partial charge < -0.3 is 19.3 Å². The van der Waals surface area contributed by atoms with E-state index in [1.54, 1.807) is 6.08 Å². The van der Waals surface area contributed by atoms with E-state index < -0.39 is 0 Å². The Bertz CT molecular complexity index is 850. The third-order valence-electron chi connectivity index (χ3n) is 4.97. The number of amides is 2. The Morgan fingerprint density at radius 2 is 1.96 bits per heavy atom. The van der Waals surface area contributed by atoms with Gasteiger partial charge >= 0.3 is 0 Å². The van der Waals surface area contributed by atoms with E-state index in [1.165, 1.54) is 16.7 Å². The Kier molecular flexibility index (Phi) is 5.56. The molecule has 3 aliphatic heterocycles. The number of carbonyl (C=O) groups is 2. The summed E-state index contributed by atoms with van der Waals surface area (Å²) in [6, 6.07) is 5.53. The van der Waals surface area contributed by atoms with Crippen molar-refractivity contribution in [1.29, 1.82) is 0 Å². The monoisotopic (exact) mass is 419 g/mol. The summed E-state index contributed by atoms with van der Waals surface area (Å²) < 4.78 is 11.2. The van der Waals surface area contributed by atoms with Crippen molar-refractivity contribution in [3.05, 3.63) is 28.7 Å². The summed E-state index contributed by atoms with van der Waals surface area (Å²) in [7, 11) is 2.05. The van der Waals surface area contributed by atoms with Crippen LogP contribution in [0.4, 0.5) is 0 Å². The molecular formula is C19H21N3O4S2. The average Bonchev–Trinajstić information content (AvgIpc) is 3.25. The van der Waals surface area contributed by atoms with Gasteiger partial charge in [0.25, 0.3) is 5.91 Å². The molecule has 1 aromatic rings. The van der Waals surface area contributed by atoms with E-state index in [0.717, 1.165) is 31.7 Å². The first-order valence-corrected chi connectivity index (χ1v) is 10.3. The van der Waals surface area contributed by atoms with Gasteiger partial charge in [0.05, 0.1) is 4.91 Å². The smallest absolute Gasteiger partial charge is 0.266 e. The molecule has 0 unspecified atom stereocenters. The van der Waals surface area contributed by atoms with Gasteiger partial charge in [0.2, 0.25) is 12.7 Å². The van der Waals surface area contributed by atoms with E-state index in [-0.39, 0.29) is 25.0 Å². The predicted molar refractivity (Wildman–Crippen MR) is 111 cm³/mol. The average molecular weight is 420 g/mol. The van der Waals surface area contributed by atoms with E-state index in [1.807, 2.05) is 30.1 Å². The molecule has 0 N–H and O–H groups in total. The number of hydrogen-bond acceptors (Lipinski definition) is 7. The van der Waals surface area contributed by atoms with E-state index in [4.69, 9.17) is 21.7 Å². The van der Waals surface area contributed by atoms with Crippen LogP contribution in [0.5, 0.6) is 11.5 Å². The van der Waals surface area contributed by atoms with Crippen molar-refractivity contribution in [2.24, 2.45) is 0 Å². The van der Waals surface area contributed by atoms with Crippen LogP contribution in [0.1, 0.15) is 12.0 Å². The largest absolute Gasteiger partial charge is 0.454 e. The van der Waals surface area contributed by atoms with Crippen LogP contribution in [-0.2, 0) is 9.59 Å². The number of hydrogen-bond donors (Lipinski definition) is 0. The lowest BCUT2D eigenvalue weighted by atomic mass is 10.2. The maximum atomic E-state index is 12.7. The van der Waals surface area contributed by atoms with E-state index in [2.05, 4.69) is 4.90 Å². The number of piperazine rings is 1. The molecule has 7 nitrogen and oxygen atoms in total. The first kappa shape index (κ1) is 19.2. The number of carbonyl (C=O) groups excluding carboxylic acids is 2. The van der Waals surface area contributed by atoms with Crippen LogP contribution in [0.15, 0.2) is 23.1 Å². The van der Waals surface area contributed by atoms with Gasteiger partial charge in [-0.25, -0.2) is 0 Å². The molecule has 0 bridgehead atoms. The Morgan fingerprint density at radius 3 is 2.75 bits per heavy atom. The fourth-order valence-electron chi connectivity index (χ4n) is 3.27. The highest BCUT2D eigenvalue weighted by atomic mass is 32.2. The number of rotatable bonds is 4. The summed E-state index contributed by atoms with van der Waals surface area (Å²) in [5, 5.41) is 0. The van der Waals surface area contributed by atoms with Crippen LogP contribution in [0.3, 0.4) is 0 Å². The summed E-state index contributed by atoms with van der Waals surface area (Å²) in [4.78, 5) is 31.3. The van der Waals surface area contributed by atoms with E-state index in [0.29, 0.717) is 27.3 Å². The van der Waals surface area contributed by atoms with Gasteiger partial charge in [-0.3, -0.25) is 14.5 Å².